The second-order valence-electron chi connectivity index (χ2n) is 4.69. The highest BCUT2D eigenvalue weighted by Gasteiger charge is 2.25. The number of aromatic nitrogens is 2. The van der Waals surface area contributed by atoms with Gasteiger partial charge in [0.15, 0.2) is 11.5 Å². The van der Waals surface area contributed by atoms with Gasteiger partial charge in [0.05, 0.1) is 0 Å². The van der Waals surface area contributed by atoms with Crippen molar-refractivity contribution in [3.05, 3.63) is 18.1 Å². The van der Waals surface area contributed by atoms with Crippen LogP contribution < -0.4 is 4.90 Å². The monoisotopic (exact) mass is 250 g/mol. The molecule has 0 radical (unpaired) electrons. The van der Waals surface area contributed by atoms with E-state index in [2.05, 4.69) is 28.8 Å². The first kappa shape index (κ1) is 12.8. The summed E-state index contributed by atoms with van der Waals surface area (Å²) in [5.74, 6) is -0.546. The van der Waals surface area contributed by atoms with E-state index in [1.54, 1.807) is 6.20 Å². The first-order valence-corrected chi connectivity index (χ1v) is 6.09. The van der Waals surface area contributed by atoms with Gasteiger partial charge < -0.3 is 14.9 Å². The first-order chi connectivity index (χ1) is 8.59. The summed E-state index contributed by atoms with van der Waals surface area (Å²) < 4.78 is 0. The average molecular weight is 250 g/mol. The zero-order chi connectivity index (χ0) is 13.1. The van der Waals surface area contributed by atoms with Gasteiger partial charge in [0.2, 0.25) is 0 Å². The van der Waals surface area contributed by atoms with Crippen LogP contribution in [0.1, 0.15) is 23.8 Å². The fourth-order valence-electron chi connectivity index (χ4n) is 2.38. The molecule has 1 aromatic rings. The minimum atomic E-state index is -1.03. The van der Waals surface area contributed by atoms with Crippen molar-refractivity contribution in [1.82, 2.24) is 14.9 Å². The van der Waals surface area contributed by atoms with Crippen LogP contribution in [-0.2, 0) is 0 Å². The molecular weight excluding hydrogens is 232 g/mol. The second kappa shape index (κ2) is 5.30. The largest absolute Gasteiger partial charge is 0.476 e. The summed E-state index contributed by atoms with van der Waals surface area (Å²) >= 11 is 0. The van der Waals surface area contributed by atoms with E-state index in [1.807, 2.05) is 4.90 Å². The molecule has 2 heterocycles. The van der Waals surface area contributed by atoms with Crippen LogP contribution in [0.3, 0.4) is 0 Å². The van der Waals surface area contributed by atoms with Gasteiger partial charge in [-0.1, -0.05) is 0 Å². The third kappa shape index (κ3) is 2.59. The summed E-state index contributed by atoms with van der Waals surface area (Å²) in [6.07, 6.45) is 3.96. The van der Waals surface area contributed by atoms with Gasteiger partial charge in [0.1, 0.15) is 0 Å². The van der Waals surface area contributed by atoms with Crippen molar-refractivity contribution in [2.45, 2.75) is 19.4 Å². The molecule has 2 rings (SSSR count). The Bertz CT molecular complexity index is 438. The number of hydrogen-bond donors (Lipinski definition) is 1. The van der Waals surface area contributed by atoms with Crippen molar-refractivity contribution in [1.29, 1.82) is 0 Å². The quantitative estimate of drug-likeness (QED) is 0.833. The molecule has 1 unspecified atom stereocenters. The molecule has 1 aromatic heterocycles. The molecule has 0 aromatic carbocycles. The lowest BCUT2D eigenvalue weighted by Crippen LogP contribution is -2.39. The number of aromatic carboxylic acids is 1. The van der Waals surface area contributed by atoms with Crippen LogP contribution in [0, 0.1) is 0 Å². The number of likely N-dealkylation sites (N-methyl/N-ethyl adjacent to an activating group) is 1. The van der Waals surface area contributed by atoms with E-state index >= 15 is 0 Å². The molecule has 1 atom stereocenters. The lowest BCUT2D eigenvalue weighted by molar-refractivity contribution is 0.0690. The Morgan fingerprint density at radius 2 is 2.11 bits per heavy atom. The Hall–Kier alpha value is -1.69. The SMILES string of the molecule is CC1CN(C)CCCN1c1nccnc1C(=O)O. The molecule has 0 spiro atoms. The molecule has 1 N–H and O–H groups in total. The van der Waals surface area contributed by atoms with E-state index in [0.717, 1.165) is 26.1 Å². The number of nitrogens with zero attached hydrogens (tertiary/aromatic N) is 4. The summed E-state index contributed by atoms with van der Waals surface area (Å²) in [5, 5.41) is 9.17. The van der Waals surface area contributed by atoms with Gasteiger partial charge >= 0.3 is 5.97 Å². The predicted molar refractivity (Wildman–Crippen MR) is 67.9 cm³/mol. The van der Waals surface area contributed by atoms with Crippen molar-refractivity contribution in [2.75, 3.05) is 31.6 Å². The van der Waals surface area contributed by atoms with Gasteiger partial charge in [0.25, 0.3) is 0 Å². The average Bonchev–Trinajstić information content (AvgIpc) is 2.50. The van der Waals surface area contributed by atoms with E-state index in [9.17, 15) is 4.79 Å². The zero-order valence-electron chi connectivity index (χ0n) is 10.7. The van der Waals surface area contributed by atoms with Crippen molar-refractivity contribution in [3.8, 4) is 0 Å². The fraction of sp³-hybridized carbons (Fsp3) is 0.583. The Kier molecular flexibility index (Phi) is 3.76. The standard InChI is InChI=1S/C12H18N4O2/c1-9-8-15(2)6-3-7-16(9)11-10(12(17)18)13-4-5-14-11/h4-5,9H,3,6-8H2,1-2H3,(H,17,18). The number of hydrogen-bond acceptors (Lipinski definition) is 5. The van der Waals surface area contributed by atoms with Crippen LogP contribution in [0.25, 0.3) is 0 Å². The highest BCUT2D eigenvalue weighted by atomic mass is 16.4. The van der Waals surface area contributed by atoms with Crippen LogP contribution in [0.2, 0.25) is 0 Å². The molecule has 0 aliphatic carbocycles. The van der Waals surface area contributed by atoms with Crippen molar-refractivity contribution in [2.24, 2.45) is 0 Å². The Labute approximate surface area is 106 Å². The minimum absolute atomic E-state index is 0.0360. The van der Waals surface area contributed by atoms with Gasteiger partial charge in [-0.2, -0.15) is 0 Å². The van der Waals surface area contributed by atoms with Crippen molar-refractivity contribution < 1.29 is 9.90 Å². The van der Waals surface area contributed by atoms with Crippen molar-refractivity contribution in [3.63, 3.8) is 0 Å². The maximum Gasteiger partial charge on any atom is 0.358 e. The predicted octanol–water partition coefficient (Wildman–Crippen LogP) is 0.705. The van der Waals surface area contributed by atoms with Crippen molar-refractivity contribution >= 4 is 11.8 Å². The Morgan fingerprint density at radius 3 is 2.83 bits per heavy atom. The molecule has 1 fully saturated rings. The number of carboxylic acids is 1. The third-order valence-corrected chi connectivity index (χ3v) is 3.20. The molecular formula is C12H18N4O2. The Balaban J connectivity index is 2.32. The highest BCUT2D eigenvalue weighted by molar-refractivity contribution is 5.91. The van der Waals surface area contributed by atoms with Crippen LogP contribution in [0.4, 0.5) is 5.82 Å². The lowest BCUT2D eigenvalue weighted by Gasteiger charge is -2.29. The van der Waals surface area contributed by atoms with E-state index in [1.165, 1.54) is 6.20 Å². The van der Waals surface area contributed by atoms with Crippen LogP contribution >= 0.6 is 0 Å². The maximum absolute atomic E-state index is 11.2. The number of rotatable bonds is 2. The molecule has 1 aliphatic heterocycles. The van der Waals surface area contributed by atoms with Gasteiger partial charge in [0, 0.05) is 31.5 Å². The molecule has 18 heavy (non-hydrogen) atoms. The molecule has 6 heteroatoms. The molecule has 0 saturated carbocycles. The van der Waals surface area contributed by atoms with Crippen LogP contribution in [-0.4, -0.2) is 58.7 Å². The maximum atomic E-state index is 11.2. The summed E-state index contributed by atoms with van der Waals surface area (Å²) in [6.45, 7) is 4.81. The fourth-order valence-corrected chi connectivity index (χ4v) is 2.38. The summed E-state index contributed by atoms with van der Waals surface area (Å²) in [5.41, 5.74) is 0.0360. The van der Waals surface area contributed by atoms with E-state index < -0.39 is 5.97 Å². The molecule has 6 nitrogen and oxygen atoms in total. The number of carboxylic acid groups (broad SMARTS) is 1. The van der Waals surface area contributed by atoms with Crippen LogP contribution in [0.5, 0.6) is 0 Å². The summed E-state index contributed by atoms with van der Waals surface area (Å²) in [6, 6.07) is 0.229. The lowest BCUT2D eigenvalue weighted by atomic mass is 10.2. The highest BCUT2D eigenvalue weighted by Crippen LogP contribution is 2.20. The number of carbonyl (C=O) groups is 1. The van der Waals surface area contributed by atoms with E-state index in [-0.39, 0.29) is 11.7 Å². The second-order valence-corrected chi connectivity index (χ2v) is 4.69. The Morgan fingerprint density at radius 1 is 1.39 bits per heavy atom. The van der Waals surface area contributed by atoms with Crippen LogP contribution in [0.15, 0.2) is 12.4 Å². The summed E-state index contributed by atoms with van der Waals surface area (Å²) in [7, 11) is 2.08. The van der Waals surface area contributed by atoms with Gasteiger partial charge in [-0.15, -0.1) is 0 Å². The molecule has 0 bridgehead atoms. The summed E-state index contributed by atoms with van der Waals surface area (Å²) in [4.78, 5) is 23.6. The minimum Gasteiger partial charge on any atom is -0.476 e. The zero-order valence-corrected chi connectivity index (χ0v) is 10.7. The van der Waals surface area contributed by atoms with Gasteiger partial charge in [-0.05, 0) is 26.9 Å². The molecule has 1 saturated heterocycles. The first-order valence-electron chi connectivity index (χ1n) is 6.09. The molecule has 0 amide bonds. The topological polar surface area (TPSA) is 69.6 Å². The van der Waals surface area contributed by atoms with Gasteiger partial charge in [-0.25, -0.2) is 14.8 Å². The molecule has 1 aliphatic rings. The third-order valence-electron chi connectivity index (χ3n) is 3.20. The normalized spacial score (nSPS) is 21.7. The van der Waals surface area contributed by atoms with E-state index in [4.69, 9.17) is 5.11 Å². The number of anilines is 1. The van der Waals surface area contributed by atoms with Gasteiger partial charge in [-0.3, -0.25) is 0 Å². The molecule has 98 valence electrons. The smallest absolute Gasteiger partial charge is 0.358 e. The van der Waals surface area contributed by atoms with E-state index in [0.29, 0.717) is 5.82 Å².